The van der Waals surface area contributed by atoms with Crippen LogP contribution >= 0.6 is 0 Å². The predicted octanol–water partition coefficient (Wildman–Crippen LogP) is 1.08. The number of hydrogen-bond acceptors (Lipinski definition) is 4. The molecule has 2 rings (SSSR count). The van der Waals surface area contributed by atoms with Gasteiger partial charge in [0.1, 0.15) is 5.82 Å². The minimum absolute atomic E-state index is 0.0436. The number of sulfonamides is 1. The highest BCUT2D eigenvalue weighted by Crippen LogP contribution is 2.16. The molecular weight excluding hydrogens is 323 g/mol. The van der Waals surface area contributed by atoms with Gasteiger partial charge in [0.05, 0.1) is 23.6 Å². The average molecular weight is 344 g/mol. The summed E-state index contributed by atoms with van der Waals surface area (Å²) >= 11 is 0. The highest BCUT2D eigenvalue weighted by Gasteiger charge is 2.29. The van der Waals surface area contributed by atoms with Crippen LogP contribution in [0.5, 0.6) is 0 Å². The molecule has 8 heteroatoms. The summed E-state index contributed by atoms with van der Waals surface area (Å²) in [6.45, 7) is 4.35. The lowest BCUT2D eigenvalue weighted by atomic mass is 10.2. The molecule has 0 saturated carbocycles. The molecule has 0 spiro atoms. The molecule has 2 atom stereocenters. The van der Waals surface area contributed by atoms with E-state index < -0.39 is 15.8 Å². The largest absolute Gasteiger partial charge is 0.372 e. The molecule has 1 aliphatic rings. The molecule has 1 aliphatic heterocycles. The molecule has 128 valence electrons. The predicted molar refractivity (Wildman–Crippen MR) is 82.8 cm³/mol. The third-order valence-electron chi connectivity index (χ3n) is 3.65. The van der Waals surface area contributed by atoms with Crippen molar-refractivity contribution in [2.75, 3.05) is 26.7 Å². The molecule has 0 bridgehead atoms. The zero-order chi connectivity index (χ0) is 17.2. The van der Waals surface area contributed by atoms with Crippen LogP contribution in [0.3, 0.4) is 0 Å². The Hall–Kier alpha value is -1.51. The second-order valence-electron chi connectivity index (χ2n) is 5.77. The van der Waals surface area contributed by atoms with Crippen molar-refractivity contribution in [2.24, 2.45) is 0 Å². The SMILES string of the molecule is C[C@@H]1CN(C(=O)CN(C)S(=O)(=O)c2ccc(F)cc2)C[C@H](C)O1. The van der Waals surface area contributed by atoms with Crippen molar-refractivity contribution in [1.82, 2.24) is 9.21 Å². The molecule has 1 saturated heterocycles. The third-order valence-corrected chi connectivity index (χ3v) is 5.47. The number of benzene rings is 1. The van der Waals surface area contributed by atoms with Gasteiger partial charge in [-0.25, -0.2) is 12.8 Å². The monoisotopic (exact) mass is 344 g/mol. The Morgan fingerprint density at radius 3 is 2.30 bits per heavy atom. The molecule has 1 amide bonds. The number of rotatable bonds is 4. The van der Waals surface area contributed by atoms with Crippen molar-refractivity contribution in [3.63, 3.8) is 0 Å². The summed E-state index contributed by atoms with van der Waals surface area (Å²) in [5.74, 6) is -0.792. The molecular formula is C15H21FN2O4S. The topological polar surface area (TPSA) is 66.9 Å². The molecule has 0 unspecified atom stereocenters. The standard InChI is InChI=1S/C15H21FN2O4S/c1-11-8-18(9-12(2)22-11)15(19)10-17(3)23(20,21)14-6-4-13(16)5-7-14/h4-7,11-12H,8-10H2,1-3H3/t11-,12+. The summed E-state index contributed by atoms with van der Waals surface area (Å²) in [5, 5.41) is 0. The van der Waals surface area contributed by atoms with E-state index in [1.54, 1.807) is 4.90 Å². The van der Waals surface area contributed by atoms with E-state index in [2.05, 4.69) is 0 Å². The second kappa shape index (κ2) is 6.94. The number of amides is 1. The summed E-state index contributed by atoms with van der Waals surface area (Å²) in [5.41, 5.74) is 0. The van der Waals surface area contributed by atoms with E-state index in [1.807, 2.05) is 13.8 Å². The first-order valence-corrected chi connectivity index (χ1v) is 8.79. The zero-order valence-electron chi connectivity index (χ0n) is 13.4. The van der Waals surface area contributed by atoms with Crippen LogP contribution in [0.25, 0.3) is 0 Å². The quantitative estimate of drug-likeness (QED) is 0.820. The van der Waals surface area contributed by atoms with E-state index in [0.29, 0.717) is 13.1 Å². The molecule has 0 aliphatic carbocycles. The first kappa shape index (κ1) is 17.8. The highest BCUT2D eigenvalue weighted by atomic mass is 32.2. The lowest BCUT2D eigenvalue weighted by molar-refractivity contribution is -0.143. The van der Waals surface area contributed by atoms with E-state index in [-0.39, 0.29) is 29.6 Å². The van der Waals surface area contributed by atoms with Gasteiger partial charge in [-0.1, -0.05) is 0 Å². The molecule has 0 radical (unpaired) electrons. The Kier molecular flexibility index (Phi) is 5.38. The molecule has 23 heavy (non-hydrogen) atoms. The number of nitrogens with zero attached hydrogens (tertiary/aromatic N) is 2. The van der Waals surface area contributed by atoms with Gasteiger partial charge in [0.15, 0.2) is 0 Å². The van der Waals surface area contributed by atoms with Crippen LogP contribution in [0.1, 0.15) is 13.8 Å². The van der Waals surface area contributed by atoms with Gasteiger partial charge in [0.2, 0.25) is 15.9 Å². The van der Waals surface area contributed by atoms with Gasteiger partial charge in [-0.05, 0) is 38.1 Å². The maximum absolute atomic E-state index is 12.9. The number of likely N-dealkylation sites (N-methyl/N-ethyl adjacent to an activating group) is 1. The average Bonchev–Trinajstić information content (AvgIpc) is 2.46. The number of morpholine rings is 1. The first-order valence-electron chi connectivity index (χ1n) is 7.35. The number of carbonyl (C=O) groups excluding carboxylic acids is 1. The molecule has 0 aromatic heterocycles. The Morgan fingerprint density at radius 1 is 1.26 bits per heavy atom. The fraction of sp³-hybridized carbons (Fsp3) is 0.533. The van der Waals surface area contributed by atoms with Gasteiger partial charge in [-0.15, -0.1) is 0 Å². The van der Waals surface area contributed by atoms with Gasteiger partial charge in [-0.2, -0.15) is 4.31 Å². The lowest BCUT2D eigenvalue weighted by Gasteiger charge is -2.36. The maximum Gasteiger partial charge on any atom is 0.243 e. The number of ether oxygens (including phenoxy) is 1. The molecule has 0 N–H and O–H groups in total. The van der Waals surface area contributed by atoms with Crippen molar-refractivity contribution >= 4 is 15.9 Å². The Balaban J connectivity index is 2.06. The first-order chi connectivity index (χ1) is 10.7. The van der Waals surface area contributed by atoms with Crippen molar-refractivity contribution in [3.05, 3.63) is 30.1 Å². The number of halogens is 1. The van der Waals surface area contributed by atoms with Crippen molar-refractivity contribution in [1.29, 1.82) is 0 Å². The van der Waals surface area contributed by atoms with Crippen LogP contribution in [0.15, 0.2) is 29.2 Å². The fourth-order valence-electron chi connectivity index (χ4n) is 2.54. The smallest absolute Gasteiger partial charge is 0.243 e. The van der Waals surface area contributed by atoms with Crippen LogP contribution in [-0.2, 0) is 19.6 Å². The van der Waals surface area contributed by atoms with Crippen molar-refractivity contribution in [2.45, 2.75) is 31.0 Å². The van der Waals surface area contributed by atoms with Gasteiger partial charge in [0.25, 0.3) is 0 Å². The Labute approximate surface area is 135 Å². The number of hydrogen-bond donors (Lipinski definition) is 0. The zero-order valence-corrected chi connectivity index (χ0v) is 14.2. The van der Waals surface area contributed by atoms with Crippen LogP contribution in [0.2, 0.25) is 0 Å². The normalized spacial score (nSPS) is 22.4. The lowest BCUT2D eigenvalue weighted by Crippen LogP contribution is -2.51. The minimum Gasteiger partial charge on any atom is -0.372 e. The van der Waals surface area contributed by atoms with Crippen molar-refractivity contribution < 1.29 is 22.3 Å². The van der Waals surface area contributed by atoms with Gasteiger partial charge >= 0.3 is 0 Å². The molecule has 1 aromatic rings. The second-order valence-corrected chi connectivity index (χ2v) is 7.82. The van der Waals surface area contributed by atoms with E-state index >= 15 is 0 Å². The minimum atomic E-state index is -3.83. The van der Waals surface area contributed by atoms with Crippen LogP contribution in [0, 0.1) is 5.82 Å². The summed E-state index contributed by atoms with van der Waals surface area (Å²) in [6, 6.07) is 4.52. The van der Waals surface area contributed by atoms with Gasteiger partial charge in [-0.3, -0.25) is 4.79 Å². The van der Waals surface area contributed by atoms with E-state index in [9.17, 15) is 17.6 Å². The summed E-state index contributed by atoms with van der Waals surface area (Å²) < 4.78 is 44.3. The van der Waals surface area contributed by atoms with Gasteiger partial charge < -0.3 is 9.64 Å². The number of carbonyl (C=O) groups is 1. The van der Waals surface area contributed by atoms with E-state index in [0.717, 1.165) is 16.4 Å². The van der Waals surface area contributed by atoms with Crippen LogP contribution < -0.4 is 0 Å². The Bertz CT molecular complexity index is 653. The maximum atomic E-state index is 12.9. The molecule has 1 heterocycles. The summed E-state index contributed by atoms with van der Waals surface area (Å²) in [7, 11) is -2.49. The summed E-state index contributed by atoms with van der Waals surface area (Å²) in [4.78, 5) is 13.9. The van der Waals surface area contributed by atoms with E-state index in [1.165, 1.54) is 19.2 Å². The third kappa shape index (κ3) is 4.27. The summed E-state index contributed by atoms with van der Waals surface area (Å²) in [6.07, 6.45) is -0.163. The Morgan fingerprint density at radius 2 is 1.78 bits per heavy atom. The molecule has 1 aromatic carbocycles. The fourth-order valence-corrected chi connectivity index (χ4v) is 3.66. The van der Waals surface area contributed by atoms with Crippen LogP contribution in [0.4, 0.5) is 4.39 Å². The highest BCUT2D eigenvalue weighted by molar-refractivity contribution is 7.89. The molecule has 6 nitrogen and oxygen atoms in total. The van der Waals surface area contributed by atoms with Crippen molar-refractivity contribution in [3.8, 4) is 0 Å². The van der Waals surface area contributed by atoms with E-state index in [4.69, 9.17) is 4.74 Å². The molecule has 1 fully saturated rings. The van der Waals surface area contributed by atoms with Crippen LogP contribution in [-0.4, -0.2) is 62.4 Å². The van der Waals surface area contributed by atoms with Gasteiger partial charge in [0, 0.05) is 20.1 Å².